The summed E-state index contributed by atoms with van der Waals surface area (Å²) in [5.74, 6) is 0. The third kappa shape index (κ3) is 16.0. The first-order valence-corrected chi connectivity index (χ1v) is 24.1. The fourth-order valence-corrected chi connectivity index (χ4v) is 17.6. The maximum absolute atomic E-state index is 14.8. The zero-order valence-electron chi connectivity index (χ0n) is 31.1. The molecular formula is C40H77O3PS. The number of hydrogen-bond donors (Lipinski definition) is 0. The number of unbranched alkanes of at least 4 members (excludes halogenated alkanes) is 16. The normalized spacial score (nSPS) is 13.2. The van der Waals surface area contributed by atoms with Crippen LogP contribution in [0.25, 0.3) is 0 Å². The zero-order chi connectivity index (χ0) is 33.3. The van der Waals surface area contributed by atoms with Crippen LogP contribution in [0.3, 0.4) is 0 Å². The molecule has 0 saturated heterocycles. The first kappa shape index (κ1) is 42.6. The van der Waals surface area contributed by atoms with Crippen molar-refractivity contribution in [2.24, 2.45) is 0 Å². The molecule has 1 aromatic rings. The van der Waals surface area contributed by atoms with Crippen molar-refractivity contribution >= 4 is 16.9 Å². The van der Waals surface area contributed by atoms with E-state index in [0.29, 0.717) is 4.90 Å². The molecule has 3 nitrogen and oxygen atoms in total. The van der Waals surface area contributed by atoms with Crippen molar-refractivity contribution < 1.29 is 12.4 Å². The van der Waals surface area contributed by atoms with Gasteiger partial charge in [-0.2, -0.15) is 0 Å². The van der Waals surface area contributed by atoms with Crippen molar-refractivity contribution in [2.45, 2.75) is 201 Å². The van der Waals surface area contributed by atoms with E-state index < -0.39 is 16.9 Å². The summed E-state index contributed by atoms with van der Waals surface area (Å²) in [6, 6.07) is 6.12. The third-order valence-corrected chi connectivity index (χ3v) is 19.4. The van der Waals surface area contributed by atoms with E-state index in [9.17, 15) is 8.42 Å². The zero-order valence-corrected chi connectivity index (χ0v) is 32.8. The molecule has 0 bridgehead atoms. The van der Waals surface area contributed by atoms with Crippen LogP contribution in [0.1, 0.15) is 194 Å². The first-order valence-electron chi connectivity index (χ1n) is 19.8. The van der Waals surface area contributed by atoms with Crippen LogP contribution < -0.4 is 0 Å². The van der Waals surface area contributed by atoms with E-state index >= 15 is 0 Å². The van der Waals surface area contributed by atoms with E-state index in [0.717, 1.165) is 107 Å². The average Bonchev–Trinajstić information content (AvgIpc) is 3.04. The van der Waals surface area contributed by atoms with Gasteiger partial charge in [0.2, 0.25) is 0 Å². The van der Waals surface area contributed by atoms with Crippen LogP contribution in [-0.4, -0.2) is 33.1 Å². The molecular weight excluding hydrogens is 591 g/mol. The first-order chi connectivity index (χ1) is 21.8. The van der Waals surface area contributed by atoms with Gasteiger partial charge in [0.05, 0.1) is 0 Å². The monoisotopic (exact) mass is 669 g/mol. The summed E-state index contributed by atoms with van der Waals surface area (Å²) >= 11 is 0. The Kier molecular flexibility index (Phi) is 23.3. The van der Waals surface area contributed by atoms with Crippen molar-refractivity contribution in [3.05, 3.63) is 29.3 Å². The van der Waals surface area contributed by atoms with Gasteiger partial charge in [0, 0.05) is 0 Å². The van der Waals surface area contributed by atoms with Crippen LogP contribution in [0.5, 0.6) is 0 Å². The van der Waals surface area contributed by atoms with E-state index in [1.165, 1.54) is 82.6 Å². The minimum Gasteiger partial charge on any atom is -0.0654 e. The summed E-state index contributed by atoms with van der Waals surface area (Å²) in [4.78, 5) is 0.504. The molecule has 1 rings (SSSR count). The molecule has 0 saturated carbocycles. The quantitative estimate of drug-likeness (QED) is 0.0584. The molecule has 0 N–H and O–H groups in total. The molecule has 266 valence electrons. The van der Waals surface area contributed by atoms with Gasteiger partial charge in [0.1, 0.15) is 0 Å². The van der Waals surface area contributed by atoms with Crippen LogP contribution >= 0.6 is 6.83 Å². The second-order valence-electron chi connectivity index (χ2n) is 14.3. The Morgan fingerprint density at radius 1 is 0.489 bits per heavy atom. The van der Waals surface area contributed by atoms with E-state index in [1.54, 1.807) is 0 Å². The molecule has 0 unspecified atom stereocenters. The standard InChI is InChI=1S/C40H77O3PS/c1-7-13-19-21-23-25-27-30-38-31-29-33-40(39(38)32-28-26-24-22-20-14-8-2)45(41,42)43-44(34-15-9-3,35-16-10-4,36-17-11-5)37-18-12-6/h29,31,33H,7-28,30,32,34-37H2,1-6H3. The van der Waals surface area contributed by atoms with Crippen molar-refractivity contribution in [3.8, 4) is 0 Å². The van der Waals surface area contributed by atoms with Crippen LogP contribution in [0, 0.1) is 0 Å². The predicted molar refractivity (Wildman–Crippen MR) is 204 cm³/mol. The van der Waals surface area contributed by atoms with Gasteiger partial charge in [-0.15, -0.1) is 0 Å². The molecule has 0 aliphatic rings. The van der Waals surface area contributed by atoms with Gasteiger partial charge >= 0.3 is 264 Å². The summed E-state index contributed by atoms with van der Waals surface area (Å²) in [5.41, 5.74) is 2.33. The average molecular weight is 669 g/mol. The van der Waals surface area contributed by atoms with Gasteiger partial charge in [-0.3, -0.25) is 0 Å². The van der Waals surface area contributed by atoms with Gasteiger partial charge in [-0.1, -0.05) is 20.3 Å². The van der Waals surface area contributed by atoms with Crippen LogP contribution in [0.4, 0.5) is 0 Å². The number of benzene rings is 1. The molecule has 0 aromatic heterocycles. The molecule has 0 aliphatic heterocycles. The van der Waals surface area contributed by atoms with Gasteiger partial charge in [0.25, 0.3) is 0 Å². The number of hydrogen-bond acceptors (Lipinski definition) is 3. The molecule has 45 heavy (non-hydrogen) atoms. The Morgan fingerprint density at radius 2 is 0.867 bits per heavy atom. The molecule has 0 amide bonds. The Bertz CT molecular complexity index is 930. The Morgan fingerprint density at radius 3 is 1.29 bits per heavy atom. The fourth-order valence-electron chi connectivity index (χ4n) is 7.26. The Balaban J connectivity index is 3.46. The third-order valence-electron chi connectivity index (χ3n) is 10.2. The van der Waals surface area contributed by atoms with Crippen molar-refractivity contribution in [1.82, 2.24) is 0 Å². The number of aryl methyl sites for hydroxylation is 1. The fraction of sp³-hybridized carbons (Fsp3) is 0.850. The summed E-state index contributed by atoms with van der Waals surface area (Å²) in [6.45, 7) is 10.5. The molecule has 0 fully saturated rings. The minimum atomic E-state index is -3.89. The molecule has 0 heterocycles. The van der Waals surface area contributed by atoms with Crippen LogP contribution in [0.15, 0.2) is 23.1 Å². The molecule has 0 atom stereocenters. The van der Waals surface area contributed by atoms with Gasteiger partial charge in [-0.05, 0) is 0 Å². The van der Waals surface area contributed by atoms with Crippen LogP contribution in [-0.2, 0) is 26.9 Å². The second kappa shape index (κ2) is 24.7. The Labute approximate surface area is 283 Å². The van der Waals surface area contributed by atoms with E-state index in [1.807, 2.05) is 12.1 Å². The summed E-state index contributed by atoms with van der Waals surface area (Å²) in [7, 11) is -3.89. The topological polar surface area (TPSA) is 43.4 Å². The van der Waals surface area contributed by atoms with Crippen molar-refractivity contribution in [2.75, 3.05) is 24.6 Å². The van der Waals surface area contributed by atoms with Gasteiger partial charge in [0.15, 0.2) is 0 Å². The Hall–Kier alpha value is -0.440. The summed E-state index contributed by atoms with van der Waals surface area (Å²) in [6.07, 6.45) is 31.9. The molecule has 1 aromatic carbocycles. The SMILES string of the molecule is CCCCCCCCCc1cccc(S(=O)(=O)OP(CCCC)(CCCC)(CCCC)CCCC)c1CCCCCCCCC. The van der Waals surface area contributed by atoms with E-state index in [-0.39, 0.29) is 0 Å². The van der Waals surface area contributed by atoms with E-state index in [2.05, 4.69) is 47.6 Å². The van der Waals surface area contributed by atoms with Crippen molar-refractivity contribution in [1.29, 1.82) is 0 Å². The molecule has 0 spiro atoms. The van der Waals surface area contributed by atoms with Gasteiger partial charge < -0.3 is 0 Å². The minimum absolute atomic E-state index is 0.504. The predicted octanol–water partition coefficient (Wildman–Crippen LogP) is 13.6. The molecule has 0 radical (unpaired) electrons. The summed E-state index contributed by atoms with van der Waals surface area (Å²) in [5, 5.41) is 0. The molecule has 0 aliphatic carbocycles. The van der Waals surface area contributed by atoms with Gasteiger partial charge in [-0.25, -0.2) is 0 Å². The smallest absolute Gasteiger partial charge is 0.0654 e. The van der Waals surface area contributed by atoms with E-state index in [4.69, 9.17) is 3.97 Å². The molecule has 5 heteroatoms. The second-order valence-corrected chi connectivity index (χ2v) is 21.8. The summed E-state index contributed by atoms with van der Waals surface area (Å²) < 4.78 is 36.6. The van der Waals surface area contributed by atoms with Crippen LogP contribution in [0.2, 0.25) is 0 Å². The number of rotatable bonds is 31. The maximum atomic E-state index is 14.8. The van der Waals surface area contributed by atoms with Crippen molar-refractivity contribution in [3.63, 3.8) is 0 Å².